The molecule has 1 aliphatic heterocycles. The molecule has 1 amide bonds. The molecule has 5 nitrogen and oxygen atoms in total. The van der Waals surface area contributed by atoms with Gasteiger partial charge in [0, 0.05) is 30.9 Å². The molecule has 2 aromatic rings. The fraction of sp³-hybridized carbons (Fsp3) is 0.429. The van der Waals surface area contributed by atoms with Gasteiger partial charge in [0.1, 0.15) is 0 Å². The summed E-state index contributed by atoms with van der Waals surface area (Å²) < 4.78 is 0. The number of rotatable bonds is 5. The second-order valence-electron chi connectivity index (χ2n) is 7.34. The summed E-state index contributed by atoms with van der Waals surface area (Å²) in [7, 11) is 0. The molecule has 1 aromatic heterocycles. The molecule has 26 heavy (non-hydrogen) atoms. The van der Waals surface area contributed by atoms with Crippen molar-refractivity contribution in [2.75, 3.05) is 13.1 Å². The number of hydrogen-bond acceptors (Lipinski definition) is 3. The van der Waals surface area contributed by atoms with Crippen LogP contribution in [0.4, 0.5) is 0 Å². The molecule has 1 aliphatic rings. The van der Waals surface area contributed by atoms with Gasteiger partial charge in [-0.25, -0.2) is 0 Å². The molecular weight excluding hydrogens is 326 g/mol. The van der Waals surface area contributed by atoms with Crippen LogP contribution in [0.15, 0.2) is 47.3 Å². The van der Waals surface area contributed by atoms with Crippen molar-refractivity contribution in [3.8, 4) is 0 Å². The highest BCUT2D eigenvalue weighted by atomic mass is 16.2. The number of amides is 1. The first kappa shape index (κ1) is 18.4. The molecule has 0 aliphatic carbocycles. The van der Waals surface area contributed by atoms with E-state index in [2.05, 4.69) is 39.5 Å². The summed E-state index contributed by atoms with van der Waals surface area (Å²) in [5.74, 6) is -0.0119. The number of likely N-dealkylation sites (tertiary alicyclic amines) is 1. The van der Waals surface area contributed by atoms with Gasteiger partial charge in [-0.2, -0.15) is 0 Å². The molecule has 1 unspecified atom stereocenters. The average molecular weight is 353 g/mol. The Morgan fingerprint density at radius 2 is 2.00 bits per heavy atom. The van der Waals surface area contributed by atoms with Gasteiger partial charge in [-0.1, -0.05) is 44.2 Å². The van der Waals surface area contributed by atoms with Gasteiger partial charge in [-0.15, -0.1) is 0 Å². The van der Waals surface area contributed by atoms with Crippen molar-refractivity contribution in [2.24, 2.45) is 0 Å². The third-order valence-corrected chi connectivity index (χ3v) is 4.86. The number of nitrogens with zero attached hydrogens (tertiary/aromatic N) is 1. The number of carbonyl (C=O) groups excluding carboxylic acids is 1. The maximum atomic E-state index is 12.8. The molecule has 2 heterocycles. The van der Waals surface area contributed by atoms with Crippen LogP contribution >= 0.6 is 0 Å². The van der Waals surface area contributed by atoms with Crippen LogP contribution in [-0.4, -0.2) is 34.9 Å². The first-order chi connectivity index (χ1) is 12.5. The minimum absolute atomic E-state index is 0.0885. The molecule has 1 atom stereocenters. The van der Waals surface area contributed by atoms with E-state index in [1.807, 2.05) is 19.9 Å². The van der Waals surface area contributed by atoms with Crippen molar-refractivity contribution in [1.82, 2.24) is 15.2 Å². The molecule has 3 rings (SSSR count). The number of benzene rings is 1. The smallest absolute Gasteiger partial charge is 0.253 e. The normalized spacial score (nSPS) is 18.0. The van der Waals surface area contributed by atoms with Crippen molar-refractivity contribution in [3.63, 3.8) is 0 Å². The Bertz CT molecular complexity index is 798. The predicted octanol–water partition coefficient (Wildman–Crippen LogP) is 2.89. The van der Waals surface area contributed by atoms with E-state index in [4.69, 9.17) is 0 Å². The Labute approximate surface area is 154 Å². The van der Waals surface area contributed by atoms with E-state index in [9.17, 15) is 9.59 Å². The lowest BCUT2D eigenvalue weighted by atomic mass is 10.0. The van der Waals surface area contributed by atoms with E-state index in [0.717, 1.165) is 32.5 Å². The molecular formula is C21H27N3O2. The number of H-pyrrole nitrogens is 1. The van der Waals surface area contributed by atoms with Crippen molar-refractivity contribution in [1.29, 1.82) is 0 Å². The zero-order valence-electron chi connectivity index (χ0n) is 15.5. The van der Waals surface area contributed by atoms with Crippen LogP contribution in [-0.2, 0) is 6.54 Å². The molecule has 1 saturated heterocycles. The van der Waals surface area contributed by atoms with E-state index in [1.165, 1.54) is 11.6 Å². The Morgan fingerprint density at radius 1 is 1.23 bits per heavy atom. The maximum absolute atomic E-state index is 12.8. The summed E-state index contributed by atoms with van der Waals surface area (Å²) in [4.78, 5) is 29.5. The fourth-order valence-corrected chi connectivity index (χ4v) is 3.57. The van der Waals surface area contributed by atoms with E-state index in [1.54, 1.807) is 6.07 Å². The number of aromatic amines is 1. The van der Waals surface area contributed by atoms with Gasteiger partial charge in [0.05, 0.1) is 5.56 Å². The van der Waals surface area contributed by atoms with Crippen molar-refractivity contribution in [2.45, 2.75) is 45.2 Å². The van der Waals surface area contributed by atoms with Gasteiger partial charge in [0.15, 0.2) is 0 Å². The Balaban J connectivity index is 1.65. The number of hydrogen-bond donors (Lipinski definition) is 2. The summed E-state index contributed by atoms with van der Waals surface area (Å²) in [6.45, 7) is 6.76. The monoisotopic (exact) mass is 353 g/mol. The number of piperidine rings is 1. The highest BCUT2D eigenvalue weighted by Crippen LogP contribution is 2.17. The van der Waals surface area contributed by atoms with Gasteiger partial charge in [0.2, 0.25) is 5.56 Å². The van der Waals surface area contributed by atoms with Crippen molar-refractivity contribution < 1.29 is 4.79 Å². The van der Waals surface area contributed by atoms with Crippen LogP contribution in [0.3, 0.4) is 0 Å². The molecule has 1 fully saturated rings. The van der Waals surface area contributed by atoms with E-state index in [0.29, 0.717) is 11.3 Å². The van der Waals surface area contributed by atoms with Crippen molar-refractivity contribution >= 4 is 5.91 Å². The Morgan fingerprint density at radius 3 is 2.73 bits per heavy atom. The Hall–Kier alpha value is -2.40. The number of carbonyl (C=O) groups is 1. The summed E-state index contributed by atoms with van der Waals surface area (Å²) in [6, 6.07) is 13.6. The molecule has 0 radical (unpaired) electrons. The molecule has 0 saturated carbocycles. The fourth-order valence-electron chi connectivity index (χ4n) is 3.57. The second kappa shape index (κ2) is 8.32. The van der Waals surface area contributed by atoms with Gasteiger partial charge in [-0.05, 0) is 36.9 Å². The third-order valence-electron chi connectivity index (χ3n) is 4.86. The highest BCUT2D eigenvalue weighted by molar-refractivity contribution is 5.95. The van der Waals surface area contributed by atoms with E-state index < -0.39 is 0 Å². The van der Waals surface area contributed by atoms with Crippen LogP contribution in [0.25, 0.3) is 0 Å². The molecule has 5 heteroatoms. The first-order valence-corrected chi connectivity index (χ1v) is 9.33. The minimum Gasteiger partial charge on any atom is -0.348 e. The average Bonchev–Trinajstić information content (AvgIpc) is 2.62. The summed E-state index contributed by atoms with van der Waals surface area (Å²) in [6.07, 6.45) is 2.05. The second-order valence-corrected chi connectivity index (χ2v) is 7.34. The zero-order chi connectivity index (χ0) is 18.5. The summed E-state index contributed by atoms with van der Waals surface area (Å²) in [5, 5.41) is 3.16. The molecule has 138 valence electrons. The summed E-state index contributed by atoms with van der Waals surface area (Å²) >= 11 is 0. The van der Waals surface area contributed by atoms with Crippen LogP contribution in [0.5, 0.6) is 0 Å². The molecule has 0 spiro atoms. The molecule has 2 N–H and O–H groups in total. The minimum atomic E-state index is -0.169. The lowest BCUT2D eigenvalue weighted by molar-refractivity contribution is 0.0899. The van der Waals surface area contributed by atoms with Crippen molar-refractivity contribution in [3.05, 3.63) is 69.6 Å². The lowest BCUT2D eigenvalue weighted by Gasteiger charge is -2.33. The summed E-state index contributed by atoms with van der Waals surface area (Å²) in [5.41, 5.74) is 2.39. The first-order valence-electron chi connectivity index (χ1n) is 9.33. The van der Waals surface area contributed by atoms with Crippen LogP contribution in [0, 0.1) is 0 Å². The highest BCUT2D eigenvalue weighted by Gasteiger charge is 2.23. The standard InChI is InChI=1S/C21H27N3O2/c1-15(2)20-18(10-11-19(25)23-20)21(26)22-17-9-6-12-24(14-17)13-16-7-4-3-5-8-16/h3-5,7-8,10-11,15,17H,6,9,12-14H2,1-2H3,(H,22,26)(H,23,25). The zero-order valence-corrected chi connectivity index (χ0v) is 15.5. The lowest BCUT2D eigenvalue weighted by Crippen LogP contribution is -2.47. The maximum Gasteiger partial charge on any atom is 0.253 e. The van der Waals surface area contributed by atoms with Gasteiger partial charge < -0.3 is 10.3 Å². The number of nitrogens with one attached hydrogen (secondary N) is 2. The molecule has 0 bridgehead atoms. The number of pyridine rings is 1. The van der Waals surface area contributed by atoms with Crippen LogP contribution in [0.2, 0.25) is 0 Å². The largest absolute Gasteiger partial charge is 0.348 e. The van der Waals surface area contributed by atoms with Crippen LogP contribution < -0.4 is 10.9 Å². The van der Waals surface area contributed by atoms with E-state index in [-0.39, 0.29) is 23.4 Å². The quantitative estimate of drug-likeness (QED) is 0.869. The third kappa shape index (κ3) is 4.61. The van der Waals surface area contributed by atoms with Gasteiger partial charge >= 0.3 is 0 Å². The SMILES string of the molecule is CC(C)c1[nH]c(=O)ccc1C(=O)NC1CCCN(Cc2ccccc2)C1. The number of aromatic nitrogens is 1. The van der Waals surface area contributed by atoms with Crippen LogP contribution in [0.1, 0.15) is 54.2 Å². The molecule has 1 aromatic carbocycles. The van der Waals surface area contributed by atoms with Gasteiger partial charge in [-0.3, -0.25) is 14.5 Å². The Kier molecular flexibility index (Phi) is 5.89. The topological polar surface area (TPSA) is 65.2 Å². The van der Waals surface area contributed by atoms with Gasteiger partial charge in [0.25, 0.3) is 5.91 Å². The van der Waals surface area contributed by atoms with E-state index >= 15 is 0 Å². The predicted molar refractivity (Wildman–Crippen MR) is 103 cm³/mol.